The van der Waals surface area contributed by atoms with Crippen molar-refractivity contribution in [3.8, 4) is 5.75 Å². The fourth-order valence-electron chi connectivity index (χ4n) is 2.24. The van der Waals surface area contributed by atoms with E-state index < -0.39 is 10.0 Å². The molecule has 0 fully saturated rings. The molecule has 0 aliphatic carbocycles. The molecule has 0 unspecified atom stereocenters. The highest BCUT2D eigenvalue weighted by molar-refractivity contribution is 9.10. The van der Waals surface area contributed by atoms with Gasteiger partial charge in [-0.05, 0) is 34.7 Å². The highest BCUT2D eigenvalue weighted by Crippen LogP contribution is 2.27. The Kier molecular flexibility index (Phi) is 5.73. The molecule has 0 heterocycles. The van der Waals surface area contributed by atoms with E-state index in [9.17, 15) is 8.42 Å². The average Bonchev–Trinajstić information content (AvgIpc) is 2.52. The molecule has 2 aromatic carbocycles. The van der Waals surface area contributed by atoms with E-state index in [0.717, 1.165) is 5.56 Å². The summed E-state index contributed by atoms with van der Waals surface area (Å²) in [4.78, 5) is 0.116. The zero-order chi connectivity index (χ0) is 18.0. The maximum absolute atomic E-state index is 12.6. The highest BCUT2D eigenvalue weighted by Gasteiger charge is 2.20. The third kappa shape index (κ3) is 4.59. The number of hydrogen-bond acceptors (Lipinski definition) is 3. The largest absolute Gasteiger partial charge is 0.495 e. The van der Waals surface area contributed by atoms with Gasteiger partial charge < -0.3 is 4.74 Å². The van der Waals surface area contributed by atoms with Crippen LogP contribution in [0.2, 0.25) is 0 Å². The molecule has 2 rings (SSSR count). The summed E-state index contributed by atoms with van der Waals surface area (Å²) in [5, 5.41) is 0. The standard InChI is InChI=1S/C18H22BrNO3S/c1-18(2,3)14-7-5-13(6-8-14)12-20-24(21,22)17-11-15(19)9-10-16(17)23-4/h5-11,20H,12H2,1-4H3. The van der Waals surface area contributed by atoms with Crippen LogP contribution in [0.1, 0.15) is 31.9 Å². The minimum absolute atomic E-state index is 0.0711. The number of rotatable bonds is 5. The molecule has 0 aliphatic heterocycles. The van der Waals surface area contributed by atoms with Crippen molar-refractivity contribution in [1.29, 1.82) is 0 Å². The van der Waals surface area contributed by atoms with Crippen molar-refractivity contribution in [1.82, 2.24) is 4.72 Å². The topological polar surface area (TPSA) is 55.4 Å². The van der Waals surface area contributed by atoms with Crippen molar-refractivity contribution in [2.75, 3.05) is 7.11 Å². The normalized spacial score (nSPS) is 12.2. The SMILES string of the molecule is COc1ccc(Br)cc1S(=O)(=O)NCc1ccc(C(C)(C)C)cc1. The van der Waals surface area contributed by atoms with Crippen molar-refractivity contribution in [2.45, 2.75) is 37.6 Å². The Labute approximate surface area is 152 Å². The van der Waals surface area contributed by atoms with E-state index in [1.807, 2.05) is 24.3 Å². The first-order valence-electron chi connectivity index (χ1n) is 7.56. The second-order valence-corrected chi connectivity index (χ2v) is 9.22. The van der Waals surface area contributed by atoms with Crippen LogP contribution in [-0.4, -0.2) is 15.5 Å². The van der Waals surface area contributed by atoms with Gasteiger partial charge >= 0.3 is 0 Å². The van der Waals surface area contributed by atoms with E-state index in [0.29, 0.717) is 10.2 Å². The molecule has 0 aromatic heterocycles. The summed E-state index contributed by atoms with van der Waals surface area (Å²) >= 11 is 3.29. The maximum atomic E-state index is 12.6. The highest BCUT2D eigenvalue weighted by atomic mass is 79.9. The molecule has 0 spiro atoms. The minimum atomic E-state index is -3.67. The third-order valence-corrected chi connectivity index (χ3v) is 5.62. The molecule has 1 N–H and O–H groups in total. The lowest BCUT2D eigenvalue weighted by atomic mass is 9.87. The van der Waals surface area contributed by atoms with Crippen LogP contribution in [0.3, 0.4) is 0 Å². The van der Waals surface area contributed by atoms with Crippen LogP contribution in [-0.2, 0) is 22.0 Å². The van der Waals surface area contributed by atoms with E-state index in [-0.39, 0.29) is 16.9 Å². The molecule has 0 atom stereocenters. The predicted molar refractivity (Wildman–Crippen MR) is 99.9 cm³/mol. The molecule has 4 nitrogen and oxygen atoms in total. The number of benzene rings is 2. The quantitative estimate of drug-likeness (QED) is 0.800. The molecule has 0 saturated heterocycles. The van der Waals surface area contributed by atoms with Gasteiger partial charge in [-0.3, -0.25) is 0 Å². The molecule has 0 bridgehead atoms. The van der Waals surface area contributed by atoms with Gasteiger partial charge in [0, 0.05) is 11.0 Å². The van der Waals surface area contributed by atoms with Gasteiger partial charge in [-0.15, -0.1) is 0 Å². The zero-order valence-electron chi connectivity index (χ0n) is 14.3. The lowest BCUT2D eigenvalue weighted by molar-refractivity contribution is 0.402. The van der Waals surface area contributed by atoms with Gasteiger partial charge in [-0.2, -0.15) is 0 Å². The molecular weight excluding hydrogens is 390 g/mol. The smallest absolute Gasteiger partial charge is 0.244 e. The predicted octanol–water partition coefficient (Wildman–Crippen LogP) is 4.23. The molecule has 130 valence electrons. The molecule has 6 heteroatoms. The molecule has 0 aliphatic rings. The van der Waals surface area contributed by atoms with Gasteiger partial charge in [0.25, 0.3) is 0 Å². The van der Waals surface area contributed by atoms with Crippen molar-refractivity contribution in [3.05, 3.63) is 58.1 Å². The summed E-state index contributed by atoms with van der Waals surface area (Å²) in [7, 11) is -2.22. The Balaban J connectivity index is 2.18. The van der Waals surface area contributed by atoms with Gasteiger partial charge in [0.05, 0.1) is 7.11 Å². The number of ether oxygens (including phenoxy) is 1. The molecule has 24 heavy (non-hydrogen) atoms. The zero-order valence-corrected chi connectivity index (χ0v) is 16.7. The number of nitrogens with one attached hydrogen (secondary N) is 1. The van der Waals surface area contributed by atoms with Gasteiger partial charge in [0.2, 0.25) is 10.0 Å². The summed E-state index contributed by atoms with van der Waals surface area (Å²) in [6, 6.07) is 12.8. The molecule has 0 amide bonds. The van der Waals surface area contributed by atoms with Crippen molar-refractivity contribution in [3.63, 3.8) is 0 Å². The van der Waals surface area contributed by atoms with Crippen LogP contribution in [0.4, 0.5) is 0 Å². The maximum Gasteiger partial charge on any atom is 0.244 e. The van der Waals surface area contributed by atoms with Crippen LogP contribution in [0, 0.1) is 0 Å². The fraction of sp³-hybridized carbons (Fsp3) is 0.333. The van der Waals surface area contributed by atoms with Gasteiger partial charge in [-0.1, -0.05) is 61.0 Å². The monoisotopic (exact) mass is 411 g/mol. The van der Waals surface area contributed by atoms with Crippen LogP contribution >= 0.6 is 15.9 Å². The van der Waals surface area contributed by atoms with Crippen molar-refractivity contribution < 1.29 is 13.2 Å². The van der Waals surface area contributed by atoms with Crippen LogP contribution in [0.15, 0.2) is 51.8 Å². The summed E-state index contributed by atoms with van der Waals surface area (Å²) in [5.41, 5.74) is 2.19. The van der Waals surface area contributed by atoms with E-state index in [4.69, 9.17) is 4.74 Å². The van der Waals surface area contributed by atoms with E-state index in [1.165, 1.54) is 18.7 Å². The summed E-state index contributed by atoms with van der Waals surface area (Å²) in [6.07, 6.45) is 0. The van der Waals surface area contributed by atoms with Crippen molar-refractivity contribution in [2.24, 2.45) is 0 Å². The number of methoxy groups -OCH3 is 1. The van der Waals surface area contributed by atoms with Gasteiger partial charge in [0.1, 0.15) is 10.6 Å². The fourth-order valence-corrected chi connectivity index (χ4v) is 3.96. The average molecular weight is 412 g/mol. The molecule has 0 radical (unpaired) electrons. The Morgan fingerprint density at radius 3 is 2.25 bits per heavy atom. The number of halogens is 1. The first kappa shape index (κ1) is 19.0. The van der Waals surface area contributed by atoms with E-state index in [1.54, 1.807) is 12.1 Å². The summed E-state index contributed by atoms with van der Waals surface area (Å²) < 4.78 is 33.6. The van der Waals surface area contributed by atoms with Crippen molar-refractivity contribution >= 4 is 26.0 Å². The Morgan fingerprint density at radius 1 is 1.08 bits per heavy atom. The third-order valence-electron chi connectivity index (χ3n) is 3.70. The first-order chi connectivity index (χ1) is 11.1. The Morgan fingerprint density at radius 2 is 1.71 bits per heavy atom. The first-order valence-corrected chi connectivity index (χ1v) is 9.84. The minimum Gasteiger partial charge on any atom is -0.495 e. The molecular formula is C18H22BrNO3S. The lowest BCUT2D eigenvalue weighted by Crippen LogP contribution is -2.24. The second-order valence-electron chi connectivity index (χ2n) is 6.57. The number of sulfonamides is 1. The van der Waals surface area contributed by atoms with Crippen LogP contribution < -0.4 is 9.46 Å². The Bertz CT molecular complexity index is 809. The van der Waals surface area contributed by atoms with E-state index >= 15 is 0 Å². The molecule has 0 saturated carbocycles. The summed E-state index contributed by atoms with van der Waals surface area (Å²) in [5.74, 6) is 0.314. The van der Waals surface area contributed by atoms with Crippen LogP contribution in [0.25, 0.3) is 0 Å². The van der Waals surface area contributed by atoms with E-state index in [2.05, 4.69) is 41.4 Å². The summed E-state index contributed by atoms with van der Waals surface area (Å²) in [6.45, 7) is 6.65. The lowest BCUT2D eigenvalue weighted by Gasteiger charge is -2.19. The molecule has 2 aromatic rings. The second kappa shape index (κ2) is 7.25. The Hall–Kier alpha value is -1.37. The number of hydrogen-bond donors (Lipinski definition) is 1. The van der Waals surface area contributed by atoms with Crippen LogP contribution in [0.5, 0.6) is 5.75 Å². The van der Waals surface area contributed by atoms with Gasteiger partial charge in [-0.25, -0.2) is 13.1 Å². The van der Waals surface area contributed by atoms with Gasteiger partial charge in [0.15, 0.2) is 0 Å².